The summed E-state index contributed by atoms with van der Waals surface area (Å²) in [7, 11) is 0. The first-order valence-electron chi connectivity index (χ1n) is 10.2. The van der Waals surface area contributed by atoms with Gasteiger partial charge in [0.15, 0.2) is 0 Å². The number of carbonyl (C=O) groups excluding carboxylic acids is 3. The molecular formula is C24H30FN3O3. The Morgan fingerprint density at radius 3 is 2.29 bits per heavy atom. The summed E-state index contributed by atoms with van der Waals surface area (Å²) in [5.74, 6) is -1.35. The Morgan fingerprint density at radius 2 is 1.68 bits per heavy atom. The third kappa shape index (κ3) is 8.99. The molecule has 0 heterocycles. The highest BCUT2D eigenvalue weighted by atomic mass is 19.1. The minimum Gasteiger partial charge on any atom is -0.345 e. The van der Waals surface area contributed by atoms with Crippen LogP contribution < -0.4 is 10.6 Å². The molecule has 6 nitrogen and oxygen atoms in total. The minimum absolute atomic E-state index is 0.179. The van der Waals surface area contributed by atoms with Gasteiger partial charge in [-0.05, 0) is 47.7 Å². The van der Waals surface area contributed by atoms with Crippen LogP contribution in [0, 0.1) is 18.2 Å². The van der Waals surface area contributed by atoms with Crippen LogP contribution in [0.25, 0.3) is 0 Å². The van der Waals surface area contributed by atoms with Crippen LogP contribution in [0.4, 0.5) is 10.1 Å². The summed E-state index contributed by atoms with van der Waals surface area (Å²) in [6.07, 6.45) is 0.259. The highest BCUT2D eigenvalue weighted by Gasteiger charge is 2.23. The Labute approximate surface area is 182 Å². The van der Waals surface area contributed by atoms with E-state index in [4.69, 9.17) is 0 Å². The third-order valence-corrected chi connectivity index (χ3v) is 4.40. The smallest absolute Gasteiger partial charge is 0.243 e. The Bertz CT molecular complexity index is 920. The molecule has 2 rings (SSSR count). The highest BCUT2D eigenvalue weighted by Crippen LogP contribution is 2.20. The maximum absolute atomic E-state index is 13.2. The van der Waals surface area contributed by atoms with Crippen molar-refractivity contribution in [2.75, 3.05) is 18.4 Å². The lowest BCUT2D eigenvalue weighted by molar-refractivity contribution is -0.138. The van der Waals surface area contributed by atoms with Crippen molar-refractivity contribution >= 4 is 23.4 Å². The maximum atomic E-state index is 13.2. The standard InChI is InChI=1S/C24H30FN3O3/c1-17-6-5-7-20(12-17)27-21(29)14-26-22(30)16-28(23(31)13-24(2,3)4)15-18-8-10-19(25)11-9-18/h5-12H,13-16H2,1-4H3,(H,26,30)(H,27,29). The van der Waals surface area contributed by atoms with E-state index in [1.165, 1.54) is 17.0 Å². The topological polar surface area (TPSA) is 78.5 Å². The lowest BCUT2D eigenvalue weighted by Crippen LogP contribution is -2.43. The molecule has 7 heteroatoms. The van der Waals surface area contributed by atoms with E-state index in [-0.39, 0.29) is 49.1 Å². The van der Waals surface area contributed by atoms with Gasteiger partial charge in [-0.1, -0.05) is 45.0 Å². The molecule has 2 aromatic carbocycles. The predicted molar refractivity (Wildman–Crippen MR) is 119 cm³/mol. The Morgan fingerprint density at radius 1 is 1.00 bits per heavy atom. The van der Waals surface area contributed by atoms with Crippen LogP contribution in [-0.4, -0.2) is 35.7 Å². The number of carbonyl (C=O) groups is 3. The number of aryl methyl sites for hydroxylation is 1. The van der Waals surface area contributed by atoms with Gasteiger partial charge in [-0.15, -0.1) is 0 Å². The van der Waals surface area contributed by atoms with E-state index < -0.39 is 5.91 Å². The van der Waals surface area contributed by atoms with E-state index in [1.54, 1.807) is 18.2 Å². The van der Waals surface area contributed by atoms with Gasteiger partial charge in [-0.3, -0.25) is 14.4 Å². The SMILES string of the molecule is Cc1cccc(NC(=O)CNC(=O)CN(Cc2ccc(F)cc2)C(=O)CC(C)(C)C)c1. The van der Waals surface area contributed by atoms with Crippen molar-refractivity contribution < 1.29 is 18.8 Å². The quantitative estimate of drug-likeness (QED) is 0.675. The van der Waals surface area contributed by atoms with Gasteiger partial charge in [-0.2, -0.15) is 0 Å². The van der Waals surface area contributed by atoms with Gasteiger partial charge < -0.3 is 15.5 Å². The Balaban J connectivity index is 1.96. The molecule has 0 aliphatic carbocycles. The first-order chi connectivity index (χ1) is 14.5. The van der Waals surface area contributed by atoms with Crippen molar-refractivity contribution in [1.82, 2.24) is 10.2 Å². The first-order valence-corrected chi connectivity index (χ1v) is 10.2. The van der Waals surface area contributed by atoms with E-state index in [2.05, 4.69) is 10.6 Å². The van der Waals surface area contributed by atoms with Crippen molar-refractivity contribution in [2.24, 2.45) is 5.41 Å². The monoisotopic (exact) mass is 427 g/mol. The van der Waals surface area contributed by atoms with Crippen molar-refractivity contribution in [3.8, 4) is 0 Å². The van der Waals surface area contributed by atoms with Crippen LogP contribution >= 0.6 is 0 Å². The summed E-state index contributed by atoms with van der Waals surface area (Å²) >= 11 is 0. The molecule has 2 aromatic rings. The van der Waals surface area contributed by atoms with Crippen LogP contribution in [0.2, 0.25) is 0 Å². The summed E-state index contributed by atoms with van der Waals surface area (Å²) in [5.41, 5.74) is 2.13. The normalized spacial score (nSPS) is 11.0. The van der Waals surface area contributed by atoms with Crippen LogP contribution in [0.3, 0.4) is 0 Å². The van der Waals surface area contributed by atoms with Gasteiger partial charge in [0, 0.05) is 18.7 Å². The fourth-order valence-corrected chi connectivity index (χ4v) is 2.94. The fraction of sp³-hybridized carbons (Fsp3) is 0.375. The molecule has 166 valence electrons. The van der Waals surface area contributed by atoms with Crippen molar-refractivity contribution in [3.05, 3.63) is 65.5 Å². The average molecular weight is 428 g/mol. The molecule has 0 fully saturated rings. The maximum Gasteiger partial charge on any atom is 0.243 e. The second kappa shape index (κ2) is 10.7. The number of nitrogens with zero attached hydrogens (tertiary/aromatic N) is 1. The van der Waals surface area contributed by atoms with Crippen LogP contribution in [0.15, 0.2) is 48.5 Å². The second-order valence-electron chi connectivity index (χ2n) is 8.81. The molecular weight excluding hydrogens is 397 g/mol. The van der Waals surface area contributed by atoms with E-state index in [1.807, 2.05) is 45.9 Å². The molecule has 0 aliphatic rings. The number of benzene rings is 2. The molecule has 0 saturated heterocycles. The zero-order chi connectivity index (χ0) is 23.0. The molecule has 0 saturated carbocycles. The van der Waals surface area contributed by atoms with Gasteiger partial charge in [0.2, 0.25) is 17.7 Å². The lowest BCUT2D eigenvalue weighted by Gasteiger charge is -2.26. The van der Waals surface area contributed by atoms with Crippen LogP contribution in [0.5, 0.6) is 0 Å². The summed E-state index contributed by atoms with van der Waals surface area (Å²) in [5, 5.41) is 5.28. The Hall–Kier alpha value is -3.22. The molecule has 0 aromatic heterocycles. The van der Waals surface area contributed by atoms with Crippen LogP contribution in [0.1, 0.15) is 38.3 Å². The number of anilines is 1. The average Bonchev–Trinajstić information content (AvgIpc) is 2.66. The molecule has 2 N–H and O–H groups in total. The van der Waals surface area contributed by atoms with Crippen molar-refractivity contribution in [1.29, 1.82) is 0 Å². The molecule has 0 radical (unpaired) electrons. The van der Waals surface area contributed by atoms with Gasteiger partial charge in [-0.25, -0.2) is 4.39 Å². The van der Waals surface area contributed by atoms with Crippen molar-refractivity contribution in [3.63, 3.8) is 0 Å². The van der Waals surface area contributed by atoms with E-state index in [9.17, 15) is 18.8 Å². The van der Waals surface area contributed by atoms with E-state index >= 15 is 0 Å². The number of hydrogen-bond donors (Lipinski definition) is 2. The molecule has 31 heavy (non-hydrogen) atoms. The summed E-state index contributed by atoms with van der Waals surface area (Å²) in [6.45, 7) is 7.53. The number of halogens is 1. The fourth-order valence-electron chi connectivity index (χ4n) is 2.94. The summed E-state index contributed by atoms with van der Waals surface area (Å²) < 4.78 is 13.2. The van der Waals surface area contributed by atoms with Gasteiger partial charge in [0.1, 0.15) is 5.82 Å². The summed E-state index contributed by atoms with van der Waals surface area (Å²) in [4.78, 5) is 38.7. The zero-order valence-corrected chi connectivity index (χ0v) is 18.5. The number of rotatable bonds is 8. The number of amides is 3. The lowest BCUT2D eigenvalue weighted by atomic mass is 9.91. The zero-order valence-electron chi connectivity index (χ0n) is 18.5. The Kier molecular flexibility index (Phi) is 8.30. The highest BCUT2D eigenvalue weighted by molar-refractivity contribution is 5.95. The largest absolute Gasteiger partial charge is 0.345 e. The predicted octanol–water partition coefficient (Wildman–Crippen LogP) is 3.65. The minimum atomic E-state index is -0.441. The van der Waals surface area contributed by atoms with Gasteiger partial charge in [0.25, 0.3) is 0 Å². The summed E-state index contributed by atoms with van der Waals surface area (Å²) in [6, 6.07) is 13.1. The first kappa shape index (κ1) is 24.1. The number of hydrogen-bond acceptors (Lipinski definition) is 3. The molecule has 0 unspecified atom stereocenters. The van der Waals surface area contributed by atoms with E-state index in [0.717, 1.165) is 5.56 Å². The van der Waals surface area contributed by atoms with Crippen LogP contribution in [-0.2, 0) is 20.9 Å². The molecule has 0 spiro atoms. The molecule has 0 bridgehead atoms. The van der Waals surface area contributed by atoms with Gasteiger partial charge >= 0.3 is 0 Å². The molecule has 0 atom stereocenters. The van der Waals surface area contributed by atoms with Crippen molar-refractivity contribution in [2.45, 2.75) is 40.7 Å². The second-order valence-corrected chi connectivity index (χ2v) is 8.81. The van der Waals surface area contributed by atoms with Gasteiger partial charge in [0.05, 0.1) is 13.1 Å². The van der Waals surface area contributed by atoms with E-state index in [0.29, 0.717) is 11.3 Å². The molecule has 3 amide bonds. The number of nitrogens with one attached hydrogen (secondary N) is 2. The third-order valence-electron chi connectivity index (χ3n) is 4.40. The molecule has 0 aliphatic heterocycles.